The lowest BCUT2D eigenvalue weighted by Gasteiger charge is -2.18. The van der Waals surface area contributed by atoms with Crippen molar-refractivity contribution in [1.82, 2.24) is 19.2 Å². The molecule has 0 aliphatic carbocycles. The van der Waals surface area contributed by atoms with Gasteiger partial charge in [0, 0.05) is 18.7 Å². The Hall–Kier alpha value is -1.97. The molecule has 2 rings (SSSR count). The van der Waals surface area contributed by atoms with Gasteiger partial charge in [-0.1, -0.05) is 19.1 Å². The molecule has 0 N–H and O–H groups in total. The molecule has 1 aromatic heterocycles. The molecular weight excluding hydrogens is 294 g/mol. The summed E-state index contributed by atoms with van der Waals surface area (Å²) < 4.78 is 4.49. The molecule has 0 radical (unpaired) electrons. The first-order chi connectivity index (χ1) is 10.6. The van der Waals surface area contributed by atoms with E-state index in [0.717, 1.165) is 24.6 Å². The number of aromatic nitrogens is 3. The fourth-order valence-electron chi connectivity index (χ4n) is 2.40. The highest BCUT2D eigenvalue weighted by molar-refractivity contribution is 7.71. The molecule has 1 heterocycles. The van der Waals surface area contributed by atoms with E-state index in [9.17, 15) is 0 Å². The summed E-state index contributed by atoms with van der Waals surface area (Å²) in [6.45, 7) is 8.29. The lowest BCUT2D eigenvalue weighted by molar-refractivity contribution is 0.220. The molecule has 6 heteroatoms. The third-order valence-corrected chi connectivity index (χ3v) is 3.98. The monoisotopic (exact) mass is 315 g/mol. The molecule has 0 saturated carbocycles. The molecule has 0 aliphatic heterocycles. The Morgan fingerprint density at radius 3 is 2.77 bits per heavy atom. The zero-order valence-electron chi connectivity index (χ0n) is 13.3. The van der Waals surface area contributed by atoms with Gasteiger partial charge in [0.1, 0.15) is 5.82 Å². The first-order valence-corrected chi connectivity index (χ1v) is 7.80. The van der Waals surface area contributed by atoms with Crippen LogP contribution in [0.5, 0.6) is 0 Å². The van der Waals surface area contributed by atoms with Crippen LogP contribution in [0.1, 0.15) is 24.7 Å². The van der Waals surface area contributed by atoms with Gasteiger partial charge in [0.05, 0.1) is 12.7 Å². The quantitative estimate of drug-likeness (QED) is 0.768. The number of rotatable bonds is 6. The summed E-state index contributed by atoms with van der Waals surface area (Å²) in [4.78, 5) is 2.16. The highest BCUT2D eigenvalue weighted by Gasteiger charge is 2.11. The molecule has 22 heavy (non-hydrogen) atoms. The molecule has 2 aromatic rings. The molecule has 1 aromatic carbocycles. The van der Waals surface area contributed by atoms with Crippen LogP contribution < -0.4 is 0 Å². The van der Waals surface area contributed by atoms with E-state index in [1.54, 1.807) is 0 Å². The van der Waals surface area contributed by atoms with Gasteiger partial charge in [0.15, 0.2) is 0 Å². The maximum atomic E-state index is 8.73. The molecule has 0 bridgehead atoms. The van der Waals surface area contributed by atoms with Crippen LogP contribution in [0.15, 0.2) is 24.3 Å². The second-order valence-corrected chi connectivity index (χ2v) is 5.63. The molecule has 0 aliphatic rings. The third kappa shape index (κ3) is 3.62. The second kappa shape index (κ2) is 7.34. The van der Waals surface area contributed by atoms with Crippen molar-refractivity contribution in [3.63, 3.8) is 0 Å². The number of hydrogen-bond acceptors (Lipinski definition) is 4. The molecule has 0 amide bonds. The van der Waals surface area contributed by atoms with Gasteiger partial charge in [-0.05, 0) is 50.3 Å². The van der Waals surface area contributed by atoms with Crippen molar-refractivity contribution in [1.29, 1.82) is 5.26 Å². The minimum Gasteiger partial charge on any atom is -0.284 e. The number of nitrogens with zero attached hydrogens (tertiary/aromatic N) is 5. The van der Waals surface area contributed by atoms with E-state index in [2.05, 4.69) is 42.0 Å². The number of benzene rings is 1. The minimum absolute atomic E-state index is 0.513. The van der Waals surface area contributed by atoms with Crippen LogP contribution in [0.3, 0.4) is 0 Å². The molecule has 0 atom stereocenters. The van der Waals surface area contributed by atoms with Gasteiger partial charge >= 0.3 is 0 Å². The van der Waals surface area contributed by atoms with E-state index >= 15 is 0 Å². The van der Waals surface area contributed by atoms with Crippen LogP contribution in [-0.2, 0) is 6.67 Å². The van der Waals surface area contributed by atoms with Crippen LogP contribution in [0.25, 0.3) is 5.69 Å². The highest BCUT2D eigenvalue weighted by Crippen LogP contribution is 2.14. The van der Waals surface area contributed by atoms with Crippen molar-refractivity contribution in [3.8, 4) is 11.8 Å². The van der Waals surface area contributed by atoms with Crippen LogP contribution >= 0.6 is 12.2 Å². The van der Waals surface area contributed by atoms with Crippen molar-refractivity contribution >= 4 is 12.2 Å². The molecule has 0 saturated heterocycles. The van der Waals surface area contributed by atoms with Gasteiger partial charge in [-0.15, -0.1) is 0 Å². The summed E-state index contributed by atoms with van der Waals surface area (Å²) in [7, 11) is 0. The predicted octanol–water partition coefficient (Wildman–Crippen LogP) is 3.21. The van der Waals surface area contributed by atoms with E-state index < -0.39 is 0 Å². The lowest BCUT2D eigenvalue weighted by atomic mass is 10.2. The average molecular weight is 315 g/mol. The molecule has 0 unspecified atom stereocenters. The summed E-state index contributed by atoms with van der Waals surface area (Å²) in [6, 6.07) is 10.4. The third-order valence-electron chi connectivity index (χ3n) is 3.58. The molecular formula is C16H21N5S. The maximum absolute atomic E-state index is 8.73. The lowest BCUT2D eigenvalue weighted by Crippen LogP contribution is -2.28. The number of hydrogen-bond donors (Lipinski definition) is 0. The van der Waals surface area contributed by atoms with Crippen molar-refractivity contribution in [2.45, 2.75) is 33.9 Å². The Morgan fingerprint density at radius 1 is 1.36 bits per heavy atom. The first kappa shape index (κ1) is 16.4. The minimum atomic E-state index is 0.513. The van der Waals surface area contributed by atoms with Crippen molar-refractivity contribution in [2.75, 3.05) is 13.1 Å². The number of nitriles is 1. The molecule has 5 nitrogen and oxygen atoms in total. The Bertz CT molecular complexity index is 738. The predicted molar refractivity (Wildman–Crippen MR) is 89.3 cm³/mol. The van der Waals surface area contributed by atoms with E-state index in [1.165, 1.54) is 5.56 Å². The second-order valence-electron chi connectivity index (χ2n) is 5.26. The van der Waals surface area contributed by atoms with E-state index in [0.29, 0.717) is 17.9 Å². The van der Waals surface area contributed by atoms with Gasteiger partial charge in [-0.3, -0.25) is 9.47 Å². The van der Waals surface area contributed by atoms with Gasteiger partial charge in [0.2, 0.25) is 4.77 Å². The largest absolute Gasteiger partial charge is 0.284 e. The Kier molecular flexibility index (Phi) is 5.47. The van der Waals surface area contributed by atoms with Gasteiger partial charge in [-0.2, -0.15) is 10.4 Å². The zero-order chi connectivity index (χ0) is 16.1. The van der Waals surface area contributed by atoms with E-state index in [-0.39, 0.29) is 0 Å². The van der Waals surface area contributed by atoms with Gasteiger partial charge < -0.3 is 0 Å². The fraction of sp³-hybridized carbons (Fsp3) is 0.438. The van der Waals surface area contributed by atoms with Crippen LogP contribution in [0.2, 0.25) is 0 Å². The Morgan fingerprint density at radius 2 is 2.14 bits per heavy atom. The van der Waals surface area contributed by atoms with Crippen LogP contribution in [0, 0.1) is 29.9 Å². The van der Waals surface area contributed by atoms with E-state index in [4.69, 9.17) is 17.5 Å². The molecule has 116 valence electrons. The first-order valence-electron chi connectivity index (χ1n) is 7.39. The smallest absolute Gasteiger partial charge is 0.203 e. The van der Waals surface area contributed by atoms with Gasteiger partial charge in [0.25, 0.3) is 0 Å². The average Bonchev–Trinajstić information content (AvgIpc) is 2.77. The number of aryl methyl sites for hydroxylation is 2. The summed E-state index contributed by atoms with van der Waals surface area (Å²) in [5.41, 5.74) is 2.23. The Balaban J connectivity index is 2.31. The van der Waals surface area contributed by atoms with Crippen LogP contribution in [-0.4, -0.2) is 32.3 Å². The fourth-order valence-corrected chi connectivity index (χ4v) is 2.73. The molecule has 0 fully saturated rings. The standard InChI is InChI=1S/C16H21N5S/c1-4-19(10-6-9-17)12-20-16(22)21(14(3)18-20)15-8-5-7-13(2)11-15/h5,7-8,11H,4,6,10,12H2,1-3H3. The summed E-state index contributed by atoms with van der Waals surface area (Å²) >= 11 is 5.59. The van der Waals surface area contributed by atoms with Crippen LogP contribution in [0.4, 0.5) is 0 Å². The Labute approximate surface area is 136 Å². The van der Waals surface area contributed by atoms with Crippen molar-refractivity contribution < 1.29 is 0 Å². The normalized spacial score (nSPS) is 10.9. The topological polar surface area (TPSA) is 49.8 Å². The van der Waals surface area contributed by atoms with Crippen molar-refractivity contribution in [2.24, 2.45) is 0 Å². The van der Waals surface area contributed by atoms with Gasteiger partial charge in [-0.25, -0.2) is 4.68 Å². The SMILES string of the molecule is CCN(CCC#N)Cn1nc(C)n(-c2cccc(C)c2)c1=S. The maximum Gasteiger partial charge on any atom is 0.203 e. The highest BCUT2D eigenvalue weighted by atomic mass is 32.1. The summed E-state index contributed by atoms with van der Waals surface area (Å²) in [6.07, 6.45) is 0.513. The summed E-state index contributed by atoms with van der Waals surface area (Å²) in [5.74, 6) is 0.868. The zero-order valence-corrected chi connectivity index (χ0v) is 14.1. The summed E-state index contributed by atoms with van der Waals surface area (Å²) in [5, 5.41) is 13.3. The van der Waals surface area contributed by atoms with E-state index in [1.807, 2.05) is 28.3 Å². The van der Waals surface area contributed by atoms with Crippen molar-refractivity contribution in [3.05, 3.63) is 40.4 Å². The molecule has 0 spiro atoms.